The lowest BCUT2D eigenvalue weighted by molar-refractivity contribution is -0.107. The van der Waals surface area contributed by atoms with Crippen molar-refractivity contribution in [3.05, 3.63) is 70.8 Å². The number of aryl methyl sites for hydroxylation is 1. The first-order valence-corrected chi connectivity index (χ1v) is 6.30. The first kappa shape index (κ1) is 13.2. The fourth-order valence-electron chi connectivity index (χ4n) is 1.94. The molecular weight excluding hydrogens is 236 g/mol. The number of ketones is 1. The number of aldehydes is 1. The second kappa shape index (κ2) is 6.10. The maximum absolute atomic E-state index is 11.5. The molecule has 0 N–H and O–H groups in total. The standard InChI is InChI=1S/C17H16O2/c1-13-2-4-14(5-3-13)12-15-6-8-16(9-7-15)17(19)10-11-18/h2-9,11H,10,12H2,1H3. The van der Waals surface area contributed by atoms with Gasteiger partial charge in [0, 0.05) is 5.56 Å². The highest BCUT2D eigenvalue weighted by Crippen LogP contribution is 2.12. The number of rotatable bonds is 5. The van der Waals surface area contributed by atoms with Crippen LogP contribution in [0.15, 0.2) is 48.5 Å². The molecule has 2 aromatic rings. The van der Waals surface area contributed by atoms with Crippen molar-refractivity contribution in [1.29, 1.82) is 0 Å². The summed E-state index contributed by atoms with van der Waals surface area (Å²) in [6, 6.07) is 15.9. The Morgan fingerprint density at radius 1 is 0.947 bits per heavy atom. The van der Waals surface area contributed by atoms with Gasteiger partial charge in [-0.3, -0.25) is 4.79 Å². The fourth-order valence-corrected chi connectivity index (χ4v) is 1.94. The molecule has 2 nitrogen and oxygen atoms in total. The van der Waals surface area contributed by atoms with Crippen LogP contribution < -0.4 is 0 Å². The first-order chi connectivity index (χ1) is 9.19. The highest BCUT2D eigenvalue weighted by atomic mass is 16.1. The number of hydrogen-bond donors (Lipinski definition) is 0. The van der Waals surface area contributed by atoms with Gasteiger partial charge in [0.05, 0.1) is 6.42 Å². The molecule has 96 valence electrons. The number of benzene rings is 2. The van der Waals surface area contributed by atoms with E-state index in [2.05, 4.69) is 31.2 Å². The molecule has 0 fully saturated rings. The van der Waals surface area contributed by atoms with Gasteiger partial charge < -0.3 is 4.79 Å². The van der Waals surface area contributed by atoms with Gasteiger partial charge in [-0.25, -0.2) is 0 Å². The summed E-state index contributed by atoms with van der Waals surface area (Å²) in [5.74, 6) is -0.128. The Morgan fingerprint density at radius 2 is 1.47 bits per heavy atom. The summed E-state index contributed by atoms with van der Waals surface area (Å²) in [4.78, 5) is 21.8. The molecule has 0 saturated heterocycles. The number of carbonyl (C=O) groups is 2. The molecule has 0 saturated carbocycles. The topological polar surface area (TPSA) is 34.1 Å². The van der Waals surface area contributed by atoms with Gasteiger partial charge in [-0.1, -0.05) is 54.1 Å². The Balaban J connectivity index is 2.08. The molecule has 0 spiro atoms. The first-order valence-electron chi connectivity index (χ1n) is 6.30. The van der Waals surface area contributed by atoms with E-state index in [9.17, 15) is 9.59 Å². The van der Waals surface area contributed by atoms with E-state index < -0.39 is 0 Å². The molecule has 0 unspecified atom stereocenters. The van der Waals surface area contributed by atoms with E-state index >= 15 is 0 Å². The predicted octanol–water partition coefficient (Wildman–Crippen LogP) is 3.36. The average molecular weight is 252 g/mol. The minimum atomic E-state index is -0.128. The summed E-state index contributed by atoms with van der Waals surface area (Å²) in [5, 5.41) is 0. The second-order valence-electron chi connectivity index (χ2n) is 4.65. The SMILES string of the molecule is Cc1ccc(Cc2ccc(C(=O)CC=O)cc2)cc1. The molecule has 0 atom stereocenters. The van der Waals surface area contributed by atoms with Crippen LogP contribution in [0.5, 0.6) is 0 Å². The van der Waals surface area contributed by atoms with E-state index in [1.54, 1.807) is 12.1 Å². The molecule has 0 aliphatic carbocycles. The Hall–Kier alpha value is -2.22. The van der Waals surface area contributed by atoms with Gasteiger partial charge in [0.15, 0.2) is 5.78 Å². The summed E-state index contributed by atoms with van der Waals surface area (Å²) in [5.41, 5.74) is 4.25. The Labute approximate surface area is 113 Å². The Bertz CT molecular complexity index is 565. The van der Waals surface area contributed by atoms with E-state index in [1.807, 2.05) is 12.1 Å². The van der Waals surface area contributed by atoms with Crippen LogP contribution in [0, 0.1) is 6.92 Å². The molecule has 0 aliphatic heterocycles. The van der Waals surface area contributed by atoms with E-state index in [0.29, 0.717) is 11.8 Å². The summed E-state index contributed by atoms with van der Waals surface area (Å²) >= 11 is 0. The third-order valence-corrected chi connectivity index (χ3v) is 3.07. The Kier molecular flexibility index (Phi) is 4.24. The monoisotopic (exact) mass is 252 g/mol. The van der Waals surface area contributed by atoms with Crippen molar-refractivity contribution in [2.45, 2.75) is 19.8 Å². The molecule has 0 aliphatic rings. The van der Waals surface area contributed by atoms with Crippen LogP contribution in [-0.4, -0.2) is 12.1 Å². The van der Waals surface area contributed by atoms with Gasteiger partial charge in [-0.2, -0.15) is 0 Å². The van der Waals surface area contributed by atoms with Crippen LogP contribution in [0.2, 0.25) is 0 Å². The molecule has 0 bridgehead atoms. The number of hydrogen-bond acceptors (Lipinski definition) is 2. The number of carbonyl (C=O) groups excluding carboxylic acids is 2. The minimum absolute atomic E-state index is 0.0443. The van der Waals surface area contributed by atoms with Gasteiger partial charge in [-0.15, -0.1) is 0 Å². The zero-order valence-electron chi connectivity index (χ0n) is 10.9. The lowest BCUT2D eigenvalue weighted by atomic mass is 10.0. The van der Waals surface area contributed by atoms with E-state index in [-0.39, 0.29) is 12.2 Å². The fraction of sp³-hybridized carbons (Fsp3) is 0.176. The third kappa shape index (κ3) is 3.62. The quantitative estimate of drug-likeness (QED) is 0.464. The van der Waals surface area contributed by atoms with Gasteiger partial charge in [-0.05, 0) is 24.5 Å². The molecule has 2 aromatic carbocycles. The van der Waals surface area contributed by atoms with Crippen molar-refractivity contribution >= 4 is 12.1 Å². The predicted molar refractivity (Wildman–Crippen MR) is 75.4 cm³/mol. The van der Waals surface area contributed by atoms with Crippen molar-refractivity contribution < 1.29 is 9.59 Å². The van der Waals surface area contributed by atoms with Crippen LogP contribution in [0.4, 0.5) is 0 Å². The lowest BCUT2D eigenvalue weighted by Crippen LogP contribution is -1.99. The highest BCUT2D eigenvalue weighted by Gasteiger charge is 2.04. The van der Waals surface area contributed by atoms with Crippen LogP contribution in [0.1, 0.15) is 33.5 Å². The van der Waals surface area contributed by atoms with Crippen LogP contribution in [0.3, 0.4) is 0 Å². The van der Waals surface area contributed by atoms with E-state index in [4.69, 9.17) is 0 Å². The van der Waals surface area contributed by atoms with Crippen molar-refractivity contribution in [3.8, 4) is 0 Å². The molecule has 0 aromatic heterocycles. The van der Waals surface area contributed by atoms with E-state index in [0.717, 1.165) is 12.0 Å². The van der Waals surface area contributed by atoms with Gasteiger partial charge in [0.25, 0.3) is 0 Å². The maximum Gasteiger partial charge on any atom is 0.169 e. The van der Waals surface area contributed by atoms with Crippen molar-refractivity contribution in [2.24, 2.45) is 0 Å². The second-order valence-corrected chi connectivity index (χ2v) is 4.65. The van der Waals surface area contributed by atoms with Crippen LogP contribution >= 0.6 is 0 Å². The third-order valence-electron chi connectivity index (χ3n) is 3.07. The van der Waals surface area contributed by atoms with Gasteiger partial charge in [0.1, 0.15) is 6.29 Å². The Morgan fingerprint density at radius 3 is 2.00 bits per heavy atom. The zero-order valence-corrected chi connectivity index (χ0v) is 10.9. The summed E-state index contributed by atoms with van der Waals surface area (Å²) in [6.45, 7) is 2.07. The molecule has 0 heterocycles. The van der Waals surface area contributed by atoms with E-state index in [1.165, 1.54) is 11.1 Å². The van der Waals surface area contributed by atoms with Gasteiger partial charge in [0.2, 0.25) is 0 Å². The van der Waals surface area contributed by atoms with Crippen molar-refractivity contribution in [2.75, 3.05) is 0 Å². The zero-order chi connectivity index (χ0) is 13.7. The molecule has 2 heteroatoms. The normalized spacial score (nSPS) is 10.2. The molecule has 19 heavy (non-hydrogen) atoms. The molecule has 0 amide bonds. The highest BCUT2D eigenvalue weighted by molar-refractivity contribution is 6.02. The summed E-state index contributed by atoms with van der Waals surface area (Å²) in [7, 11) is 0. The summed E-state index contributed by atoms with van der Waals surface area (Å²) in [6.07, 6.45) is 1.45. The summed E-state index contributed by atoms with van der Waals surface area (Å²) < 4.78 is 0. The maximum atomic E-state index is 11.5. The van der Waals surface area contributed by atoms with Crippen molar-refractivity contribution in [3.63, 3.8) is 0 Å². The molecule has 0 radical (unpaired) electrons. The van der Waals surface area contributed by atoms with Crippen LogP contribution in [-0.2, 0) is 11.2 Å². The lowest BCUT2D eigenvalue weighted by Gasteiger charge is -2.04. The largest absolute Gasteiger partial charge is 0.303 e. The van der Waals surface area contributed by atoms with Gasteiger partial charge >= 0.3 is 0 Å². The smallest absolute Gasteiger partial charge is 0.169 e. The average Bonchev–Trinajstić information content (AvgIpc) is 2.42. The van der Waals surface area contributed by atoms with Crippen molar-refractivity contribution in [1.82, 2.24) is 0 Å². The minimum Gasteiger partial charge on any atom is -0.303 e. The number of Topliss-reactive ketones (excluding diaryl/α,β-unsaturated/α-hetero) is 1. The van der Waals surface area contributed by atoms with Crippen LogP contribution in [0.25, 0.3) is 0 Å². The molecule has 2 rings (SSSR count). The molecular formula is C17H16O2.